The fourth-order valence-electron chi connectivity index (χ4n) is 1.22. The lowest BCUT2D eigenvalue weighted by atomic mass is 10.3. The van der Waals surface area contributed by atoms with E-state index in [0.29, 0.717) is 5.88 Å². The van der Waals surface area contributed by atoms with Crippen LogP contribution in [0.3, 0.4) is 0 Å². The van der Waals surface area contributed by atoms with Crippen molar-refractivity contribution in [3.8, 4) is 0 Å². The van der Waals surface area contributed by atoms with Gasteiger partial charge in [-0.05, 0) is 18.2 Å². The fourth-order valence-corrected chi connectivity index (χ4v) is 2.20. The Hall–Kier alpha value is -0.800. The highest BCUT2D eigenvalue weighted by Gasteiger charge is 2.01. The Balaban J connectivity index is 2.43. The van der Waals surface area contributed by atoms with E-state index in [4.69, 9.17) is 11.6 Å². The molecule has 2 heterocycles. The van der Waals surface area contributed by atoms with E-state index >= 15 is 0 Å². The second-order valence-corrected chi connectivity index (χ2v) is 4.23. The van der Waals surface area contributed by atoms with E-state index in [1.165, 1.54) is 0 Å². The second kappa shape index (κ2) is 4.62. The van der Waals surface area contributed by atoms with E-state index in [1.807, 2.05) is 18.2 Å². The topological polar surface area (TPSA) is 25.8 Å². The molecule has 0 N–H and O–H groups in total. The molecule has 0 unspecified atom stereocenters. The standard InChI is InChI=1S/C10H9ClN2S/c11-4-7-14-9-3-6-12-8-2-1-5-13-10(8)9/h1-3,5-6H,4,7H2. The monoisotopic (exact) mass is 224 g/mol. The van der Waals surface area contributed by atoms with Crippen LogP contribution in [0.15, 0.2) is 35.5 Å². The van der Waals surface area contributed by atoms with Crippen LogP contribution < -0.4 is 0 Å². The average Bonchev–Trinajstić information content (AvgIpc) is 2.26. The van der Waals surface area contributed by atoms with Crippen molar-refractivity contribution < 1.29 is 0 Å². The van der Waals surface area contributed by atoms with Crippen LogP contribution >= 0.6 is 23.4 Å². The summed E-state index contributed by atoms with van der Waals surface area (Å²) in [6.45, 7) is 0. The van der Waals surface area contributed by atoms with Crippen molar-refractivity contribution in [2.24, 2.45) is 0 Å². The Morgan fingerprint density at radius 2 is 2.14 bits per heavy atom. The summed E-state index contributed by atoms with van der Waals surface area (Å²) in [5.41, 5.74) is 1.90. The molecule has 0 spiro atoms. The molecule has 0 saturated carbocycles. The van der Waals surface area contributed by atoms with Gasteiger partial charge in [0, 0.05) is 28.9 Å². The maximum Gasteiger partial charge on any atom is 0.102 e. The molecule has 0 bridgehead atoms. The van der Waals surface area contributed by atoms with Crippen molar-refractivity contribution >= 4 is 34.4 Å². The summed E-state index contributed by atoms with van der Waals surface area (Å²) in [5, 5.41) is 0. The number of hydrogen-bond donors (Lipinski definition) is 0. The van der Waals surface area contributed by atoms with Gasteiger partial charge < -0.3 is 0 Å². The molecular formula is C10H9ClN2S. The van der Waals surface area contributed by atoms with Crippen LogP contribution in [0.25, 0.3) is 11.0 Å². The smallest absolute Gasteiger partial charge is 0.102 e. The minimum absolute atomic E-state index is 0.654. The van der Waals surface area contributed by atoms with Gasteiger partial charge in [0.2, 0.25) is 0 Å². The first-order chi connectivity index (χ1) is 6.92. The normalized spacial score (nSPS) is 10.6. The molecule has 0 aliphatic rings. The van der Waals surface area contributed by atoms with Gasteiger partial charge in [-0.15, -0.1) is 23.4 Å². The third-order valence-electron chi connectivity index (χ3n) is 1.79. The molecule has 4 heteroatoms. The van der Waals surface area contributed by atoms with E-state index in [9.17, 15) is 0 Å². The lowest BCUT2D eigenvalue weighted by Gasteiger charge is -2.02. The number of thioether (sulfide) groups is 1. The number of alkyl halides is 1. The van der Waals surface area contributed by atoms with Crippen LogP contribution in [-0.2, 0) is 0 Å². The Bertz CT molecular complexity index is 428. The van der Waals surface area contributed by atoms with E-state index in [-0.39, 0.29) is 0 Å². The van der Waals surface area contributed by atoms with Crippen molar-refractivity contribution in [2.45, 2.75) is 4.90 Å². The summed E-state index contributed by atoms with van der Waals surface area (Å²) in [6, 6.07) is 5.84. The summed E-state index contributed by atoms with van der Waals surface area (Å²) < 4.78 is 0. The minimum Gasteiger partial charge on any atom is -0.255 e. The number of fused-ring (bicyclic) bond motifs is 1. The van der Waals surface area contributed by atoms with Crippen LogP contribution in [0.4, 0.5) is 0 Å². The summed E-state index contributed by atoms with van der Waals surface area (Å²) in [5.74, 6) is 1.55. The van der Waals surface area contributed by atoms with Gasteiger partial charge in [-0.3, -0.25) is 9.97 Å². The summed E-state index contributed by atoms with van der Waals surface area (Å²) in [6.07, 6.45) is 3.59. The lowest BCUT2D eigenvalue weighted by Crippen LogP contribution is -1.86. The molecule has 0 aliphatic heterocycles. The van der Waals surface area contributed by atoms with Crippen LogP contribution in [-0.4, -0.2) is 21.6 Å². The number of hydrogen-bond acceptors (Lipinski definition) is 3. The lowest BCUT2D eigenvalue weighted by molar-refractivity contribution is 1.27. The first-order valence-electron chi connectivity index (χ1n) is 4.30. The SMILES string of the molecule is ClCCSc1ccnc2cccnc12. The van der Waals surface area contributed by atoms with Crippen molar-refractivity contribution in [1.82, 2.24) is 9.97 Å². The van der Waals surface area contributed by atoms with Gasteiger partial charge in [-0.1, -0.05) is 0 Å². The molecule has 0 fully saturated rings. The number of pyridine rings is 2. The first kappa shape index (κ1) is 9.74. The maximum atomic E-state index is 5.65. The van der Waals surface area contributed by atoms with Crippen molar-refractivity contribution in [3.05, 3.63) is 30.6 Å². The van der Waals surface area contributed by atoms with Crippen molar-refractivity contribution in [1.29, 1.82) is 0 Å². The predicted octanol–water partition coefficient (Wildman–Crippen LogP) is 2.96. The quantitative estimate of drug-likeness (QED) is 0.592. The molecule has 2 aromatic heterocycles. The van der Waals surface area contributed by atoms with Gasteiger partial charge in [-0.2, -0.15) is 0 Å². The van der Waals surface area contributed by atoms with Crippen molar-refractivity contribution in [2.75, 3.05) is 11.6 Å². The van der Waals surface area contributed by atoms with Gasteiger partial charge >= 0.3 is 0 Å². The molecule has 0 saturated heterocycles. The zero-order valence-corrected chi connectivity index (χ0v) is 9.05. The van der Waals surface area contributed by atoms with Crippen LogP contribution in [0, 0.1) is 0 Å². The highest BCUT2D eigenvalue weighted by Crippen LogP contribution is 2.24. The number of nitrogens with zero attached hydrogens (tertiary/aromatic N) is 2. The van der Waals surface area contributed by atoms with Gasteiger partial charge in [0.25, 0.3) is 0 Å². The number of halogens is 1. The molecule has 2 rings (SSSR count). The Kier molecular flexibility index (Phi) is 3.22. The molecule has 0 atom stereocenters. The Morgan fingerprint density at radius 3 is 3.00 bits per heavy atom. The molecule has 14 heavy (non-hydrogen) atoms. The van der Waals surface area contributed by atoms with E-state index in [1.54, 1.807) is 24.2 Å². The Morgan fingerprint density at radius 1 is 1.21 bits per heavy atom. The molecular weight excluding hydrogens is 216 g/mol. The molecule has 0 amide bonds. The molecule has 72 valence electrons. The number of rotatable bonds is 3. The molecule has 0 aliphatic carbocycles. The van der Waals surface area contributed by atoms with Crippen molar-refractivity contribution in [3.63, 3.8) is 0 Å². The van der Waals surface area contributed by atoms with E-state index in [2.05, 4.69) is 9.97 Å². The third-order valence-corrected chi connectivity index (χ3v) is 3.26. The average molecular weight is 225 g/mol. The number of aromatic nitrogens is 2. The highest BCUT2D eigenvalue weighted by molar-refractivity contribution is 7.99. The van der Waals surface area contributed by atoms with Gasteiger partial charge in [0.1, 0.15) is 5.52 Å². The molecule has 0 radical (unpaired) electrons. The summed E-state index contributed by atoms with van der Waals surface area (Å²) in [4.78, 5) is 9.70. The maximum absolute atomic E-state index is 5.65. The van der Waals surface area contributed by atoms with Crippen LogP contribution in [0.2, 0.25) is 0 Å². The third kappa shape index (κ3) is 1.99. The molecule has 0 aromatic carbocycles. The predicted molar refractivity (Wildman–Crippen MR) is 61.0 cm³/mol. The van der Waals surface area contributed by atoms with Crippen LogP contribution in [0.1, 0.15) is 0 Å². The zero-order chi connectivity index (χ0) is 9.80. The Labute approximate surface area is 91.7 Å². The second-order valence-electron chi connectivity index (χ2n) is 2.72. The van der Waals surface area contributed by atoms with Crippen LogP contribution in [0.5, 0.6) is 0 Å². The zero-order valence-electron chi connectivity index (χ0n) is 7.48. The summed E-state index contributed by atoms with van der Waals surface area (Å²) >= 11 is 7.36. The van der Waals surface area contributed by atoms with E-state index < -0.39 is 0 Å². The van der Waals surface area contributed by atoms with Gasteiger partial charge in [0.15, 0.2) is 0 Å². The molecule has 2 nitrogen and oxygen atoms in total. The largest absolute Gasteiger partial charge is 0.255 e. The first-order valence-corrected chi connectivity index (χ1v) is 5.82. The minimum atomic E-state index is 0.654. The highest BCUT2D eigenvalue weighted by atomic mass is 35.5. The molecule has 2 aromatic rings. The van der Waals surface area contributed by atoms with Gasteiger partial charge in [0.05, 0.1) is 5.52 Å². The fraction of sp³-hybridized carbons (Fsp3) is 0.200. The van der Waals surface area contributed by atoms with E-state index in [0.717, 1.165) is 21.7 Å². The summed E-state index contributed by atoms with van der Waals surface area (Å²) in [7, 11) is 0. The van der Waals surface area contributed by atoms with Gasteiger partial charge in [-0.25, -0.2) is 0 Å².